The van der Waals surface area contributed by atoms with Crippen LogP contribution in [-0.2, 0) is 11.2 Å². The van der Waals surface area contributed by atoms with Gasteiger partial charge in [0.05, 0.1) is 22.1 Å². The smallest absolute Gasteiger partial charge is 0.308 e. The summed E-state index contributed by atoms with van der Waals surface area (Å²) in [6, 6.07) is 10.2. The van der Waals surface area contributed by atoms with Gasteiger partial charge in [0.2, 0.25) is 0 Å². The van der Waals surface area contributed by atoms with Gasteiger partial charge >= 0.3 is 5.97 Å². The second kappa shape index (κ2) is 8.02. The summed E-state index contributed by atoms with van der Waals surface area (Å²) in [5.74, 6) is 0.365. The van der Waals surface area contributed by atoms with Gasteiger partial charge < -0.3 is 4.74 Å². The molecule has 0 aliphatic rings. The van der Waals surface area contributed by atoms with Crippen LogP contribution in [0.3, 0.4) is 0 Å². The second-order valence-corrected chi connectivity index (χ2v) is 7.01. The van der Waals surface area contributed by atoms with E-state index in [1.165, 1.54) is 17.8 Å². The Balaban J connectivity index is 2.03. The van der Waals surface area contributed by atoms with E-state index in [2.05, 4.69) is 26.0 Å². The van der Waals surface area contributed by atoms with Crippen LogP contribution in [0.4, 0.5) is 0 Å². The van der Waals surface area contributed by atoms with Crippen molar-refractivity contribution in [3.8, 4) is 5.75 Å². The predicted molar refractivity (Wildman–Crippen MR) is 109 cm³/mol. The molecule has 138 valence electrons. The Morgan fingerprint density at radius 2 is 2.11 bits per heavy atom. The van der Waals surface area contributed by atoms with Crippen LogP contribution in [0.15, 0.2) is 50.8 Å². The van der Waals surface area contributed by atoms with Crippen molar-refractivity contribution in [2.45, 2.75) is 20.3 Å². The molecule has 8 heteroatoms. The van der Waals surface area contributed by atoms with E-state index in [9.17, 15) is 9.59 Å². The molecule has 1 heterocycles. The molecule has 0 radical (unpaired) electrons. The van der Waals surface area contributed by atoms with Gasteiger partial charge in [0.25, 0.3) is 5.56 Å². The summed E-state index contributed by atoms with van der Waals surface area (Å²) < 4.78 is 7.07. The molecule has 3 rings (SSSR count). The zero-order chi connectivity index (χ0) is 19.6. The van der Waals surface area contributed by atoms with Crippen molar-refractivity contribution < 1.29 is 9.53 Å². The number of nitrogens with zero attached hydrogens (tertiary/aromatic N) is 3. The number of benzene rings is 2. The monoisotopic (exact) mass is 447 g/mol. The zero-order valence-corrected chi connectivity index (χ0v) is 16.9. The Bertz CT molecular complexity index is 1130. The van der Waals surface area contributed by atoms with Crippen molar-refractivity contribution in [1.29, 1.82) is 0 Å². The highest BCUT2D eigenvalue weighted by Gasteiger charge is 2.10. The SMILES string of the molecule is CCc1nc2ccc(Br)cc2c(=O)n1N=Cc1ccc(OC(C)=O)c(Cl)c1. The minimum atomic E-state index is -0.453. The van der Waals surface area contributed by atoms with E-state index in [1.807, 2.05) is 13.0 Å². The number of ether oxygens (including phenoxy) is 1. The van der Waals surface area contributed by atoms with Gasteiger partial charge in [-0.3, -0.25) is 9.59 Å². The summed E-state index contributed by atoms with van der Waals surface area (Å²) in [5.41, 5.74) is 1.02. The molecule has 0 bridgehead atoms. The van der Waals surface area contributed by atoms with Crippen molar-refractivity contribution in [1.82, 2.24) is 9.66 Å². The van der Waals surface area contributed by atoms with Crippen molar-refractivity contribution in [2.75, 3.05) is 0 Å². The number of carbonyl (C=O) groups is 1. The highest BCUT2D eigenvalue weighted by atomic mass is 79.9. The highest BCUT2D eigenvalue weighted by molar-refractivity contribution is 9.10. The summed E-state index contributed by atoms with van der Waals surface area (Å²) in [4.78, 5) is 28.4. The van der Waals surface area contributed by atoms with Gasteiger partial charge in [-0.1, -0.05) is 34.5 Å². The van der Waals surface area contributed by atoms with Crippen LogP contribution < -0.4 is 10.3 Å². The summed E-state index contributed by atoms with van der Waals surface area (Å²) in [6.45, 7) is 3.21. The molecule has 0 saturated heterocycles. The fraction of sp³-hybridized carbons (Fsp3) is 0.158. The summed E-state index contributed by atoms with van der Waals surface area (Å²) in [5, 5.41) is 5.04. The lowest BCUT2D eigenvalue weighted by molar-refractivity contribution is -0.131. The molecule has 0 spiro atoms. The first kappa shape index (κ1) is 19.3. The molecule has 0 atom stereocenters. The van der Waals surface area contributed by atoms with Gasteiger partial charge in [-0.05, 0) is 42.0 Å². The second-order valence-electron chi connectivity index (χ2n) is 5.69. The molecule has 1 aromatic heterocycles. The Labute approximate surface area is 168 Å². The van der Waals surface area contributed by atoms with Crippen LogP contribution in [0.1, 0.15) is 25.2 Å². The lowest BCUT2D eigenvalue weighted by Crippen LogP contribution is -2.22. The Hall–Kier alpha value is -2.51. The number of hydrogen-bond donors (Lipinski definition) is 0. The van der Waals surface area contributed by atoms with Crippen LogP contribution in [-0.4, -0.2) is 21.8 Å². The molecule has 0 saturated carbocycles. The molecule has 0 fully saturated rings. The quantitative estimate of drug-likeness (QED) is 0.341. The molecule has 3 aromatic rings. The number of esters is 1. The van der Waals surface area contributed by atoms with E-state index in [1.54, 1.807) is 30.3 Å². The average Bonchev–Trinajstić information content (AvgIpc) is 2.63. The van der Waals surface area contributed by atoms with Gasteiger partial charge in [0.15, 0.2) is 0 Å². The van der Waals surface area contributed by atoms with Gasteiger partial charge in [0, 0.05) is 17.8 Å². The molecular weight excluding hydrogens is 434 g/mol. The molecule has 0 aliphatic heterocycles. The van der Waals surface area contributed by atoms with Gasteiger partial charge in [-0.15, -0.1) is 0 Å². The van der Waals surface area contributed by atoms with Crippen LogP contribution in [0.5, 0.6) is 5.75 Å². The topological polar surface area (TPSA) is 73.6 Å². The minimum absolute atomic E-state index is 0.253. The van der Waals surface area contributed by atoms with Crippen LogP contribution >= 0.6 is 27.5 Å². The third-order valence-corrected chi connectivity index (χ3v) is 4.51. The largest absolute Gasteiger partial charge is 0.425 e. The number of hydrogen-bond acceptors (Lipinski definition) is 5. The van der Waals surface area contributed by atoms with Gasteiger partial charge in [-0.2, -0.15) is 9.78 Å². The molecule has 0 aliphatic carbocycles. The number of rotatable bonds is 4. The molecule has 6 nitrogen and oxygen atoms in total. The Kier molecular flexibility index (Phi) is 5.72. The van der Waals surface area contributed by atoms with Crippen molar-refractivity contribution >= 4 is 50.6 Å². The normalized spacial score (nSPS) is 11.3. The first-order chi connectivity index (χ1) is 12.9. The van der Waals surface area contributed by atoms with E-state index in [-0.39, 0.29) is 16.3 Å². The maximum atomic E-state index is 12.8. The fourth-order valence-electron chi connectivity index (χ4n) is 2.50. The summed E-state index contributed by atoms with van der Waals surface area (Å²) in [7, 11) is 0. The van der Waals surface area contributed by atoms with Crippen molar-refractivity contribution in [3.63, 3.8) is 0 Å². The molecule has 0 unspecified atom stereocenters. The summed E-state index contributed by atoms with van der Waals surface area (Å²) in [6.07, 6.45) is 2.06. The van der Waals surface area contributed by atoms with E-state index in [4.69, 9.17) is 16.3 Å². The Morgan fingerprint density at radius 3 is 2.78 bits per heavy atom. The van der Waals surface area contributed by atoms with Crippen LogP contribution in [0.25, 0.3) is 10.9 Å². The maximum Gasteiger partial charge on any atom is 0.308 e. The molecule has 27 heavy (non-hydrogen) atoms. The zero-order valence-electron chi connectivity index (χ0n) is 14.6. The van der Waals surface area contributed by atoms with E-state index in [0.29, 0.717) is 28.7 Å². The van der Waals surface area contributed by atoms with Crippen molar-refractivity contribution in [2.24, 2.45) is 5.10 Å². The minimum Gasteiger partial charge on any atom is -0.425 e. The molecule has 0 N–H and O–H groups in total. The average molecular weight is 449 g/mol. The molecule has 2 aromatic carbocycles. The number of carbonyl (C=O) groups excluding carboxylic acids is 1. The number of aryl methyl sites for hydroxylation is 1. The van der Waals surface area contributed by atoms with Crippen LogP contribution in [0.2, 0.25) is 5.02 Å². The number of halogens is 2. The summed E-state index contributed by atoms with van der Waals surface area (Å²) >= 11 is 9.48. The predicted octanol–water partition coefficient (Wildman–Crippen LogP) is 4.18. The fourth-order valence-corrected chi connectivity index (χ4v) is 3.09. The van der Waals surface area contributed by atoms with Crippen LogP contribution in [0, 0.1) is 0 Å². The molecule has 0 amide bonds. The third-order valence-electron chi connectivity index (χ3n) is 3.72. The Morgan fingerprint density at radius 1 is 1.33 bits per heavy atom. The lowest BCUT2D eigenvalue weighted by Gasteiger charge is -2.08. The first-order valence-corrected chi connectivity index (χ1v) is 9.29. The maximum absolute atomic E-state index is 12.8. The van der Waals surface area contributed by atoms with Crippen molar-refractivity contribution in [3.05, 3.63) is 67.6 Å². The molecular formula is C19H15BrClN3O3. The first-order valence-electron chi connectivity index (χ1n) is 8.12. The standard InChI is InChI=1S/C19H15BrClN3O3/c1-3-18-23-16-6-5-13(20)9-14(16)19(26)24(18)22-10-12-4-7-17(15(21)8-12)27-11(2)25/h4-10H,3H2,1-2H3. The number of aromatic nitrogens is 2. The van der Waals surface area contributed by atoms with E-state index >= 15 is 0 Å². The van der Waals surface area contributed by atoms with Gasteiger partial charge in [0.1, 0.15) is 11.6 Å². The highest BCUT2D eigenvalue weighted by Crippen LogP contribution is 2.25. The number of fused-ring (bicyclic) bond motifs is 1. The van der Waals surface area contributed by atoms with E-state index < -0.39 is 5.97 Å². The lowest BCUT2D eigenvalue weighted by atomic mass is 10.2. The van der Waals surface area contributed by atoms with Gasteiger partial charge in [-0.25, -0.2) is 4.98 Å². The van der Waals surface area contributed by atoms with E-state index in [0.717, 1.165) is 4.47 Å². The third kappa shape index (κ3) is 4.26.